The number of aromatic nitrogens is 3. The molecule has 1 fully saturated rings. The van der Waals surface area contributed by atoms with Crippen LogP contribution in [-0.2, 0) is 12.8 Å². The van der Waals surface area contributed by atoms with E-state index in [1.807, 2.05) is 0 Å². The molecule has 1 aromatic heterocycles. The fourth-order valence-electron chi connectivity index (χ4n) is 2.61. The van der Waals surface area contributed by atoms with Crippen LogP contribution in [0.2, 0.25) is 0 Å². The van der Waals surface area contributed by atoms with Gasteiger partial charge in [-0.05, 0) is 24.7 Å². The summed E-state index contributed by atoms with van der Waals surface area (Å²) >= 11 is 0. The largest absolute Gasteiger partial charge is 0.339 e. The lowest BCUT2D eigenvalue weighted by atomic mass is 9.80. The van der Waals surface area contributed by atoms with Crippen LogP contribution in [0.3, 0.4) is 0 Å². The lowest BCUT2D eigenvalue weighted by molar-refractivity contribution is 0.243. The number of nitrogens with two attached hydrogens (primary N) is 1. The molecule has 0 aromatic carbocycles. The van der Waals surface area contributed by atoms with E-state index in [2.05, 4.69) is 47.8 Å². The van der Waals surface area contributed by atoms with Crippen LogP contribution in [0.5, 0.6) is 0 Å². The summed E-state index contributed by atoms with van der Waals surface area (Å²) in [5.41, 5.74) is 8.35. The van der Waals surface area contributed by atoms with Crippen LogP contribution in [0, 0.1) is 5.41 Å². The quantitative estimate of drug-likeness (QED) is 0.896. The van der Waals surface area contributed by atoms with Crippen molar-refractivity contribution in [2.75, 3.05) is 18.0 Å². The summed E-state index contributed by atoms with van der Waals surface area (Å²) in [6.07, 6.45) is 2.77. The number of hydrogen-bond acceptors (Lipinski definition) is 5. The molecule has 1 aromatic rings. The number of rotatable bonds is 3. The van der Waals surface area contributed by atoms with Crippen molar-refractivity contribution >= 4 is 5.95 Å². The molecule has 5 nitrogen and oxygen atoms in total. The second-order valence-electron chi connectivity index (χ2n) is 6.02. The molecule has 0 amide bonds. The van der Waals surface area contributed by atoms with Crippen molar-refractivity contribution in [3.63, 3.8) is 0 Å². The number of nitrogens with zero attached hydrogens (tertiary/aromatic N) is 4. The molecule has 2 N–H and O–H groups in total. The summed E-state index contributed by atoms with van der Waals surface area (Å²) in [5, 5.41) is 8.62. The van der Waals surface area contributed by atoms with Crippen molar-refractivity contribution in [3.05, 3.63) is 11.4 Å². The highest BCUT2D eigenvalue weighted by Gasteiger charge is 2.34. The van der Waals surface area contributed by atoms with E-state index >= 15 is 0 Å². The summed E-state index contributed by atoms with van der Waals surface area (Å²) in [6, 6.07) is 0.247. The second kappa shape index (κ2) is 5.41. The highest BCUT2D eigenvalue weighted by molar-refractivity contribution is 5.32. The Hall–Kier alpha value is -1.23. The van der Waals surface area contributed by atoms with Gasteiger partial charge in [-0.3, -0.25) is 0 Å². The molecule has 1 saturated heterocycles. The van der Waals surface area contributed by atoms with Crippen LogP contribution in [0.15, 0.2) is 0 Å². The van der Waals surface area contributed by atoms with E-state index in [1.165, 1.54) is 0 Å². The van der Waals surface area contributed by atoms with Crippen molar-refractivity contribution in [2.45, 2.75) is 53.0 Å². The predicted molar refractivity (Wildman–Crippen MR) is 77.2 cm³/mol. The lowest BCUT2D eigenvalue weighted by Crippen LogP contribution is -2.53. The van der Waals surface area contributed by atoms with Gasteiger partial charge in [-0.25, -0.2) is 4.98 Å². The van der Waals surface area contributed by atoms with Crippen LogP contribution < -0.4 is 10.6 Å². The number of anilines is 1. The van der Waals surface area contributed by atoms with Gasteiger partial charge in [0.2, 0.25) is 5.95 Å². The molecule has 0 aliphatic carbocycles. The number of aryl methyl sites for hydroxylation is 2. The Morgan fingerprint density at radius 3 is 2.47 bits per heavy atom. The Bertz CT molecular complexity index is 443. The lowest BCUT2D eigenvalue weighted by Gasteiger charge is -2.42. The maximum Gasteiger partial charge on any atom is 0.245 e. The van der Waals surface area contributed by atoms with Crippen LogP contribution in [0.25, 0.3) is 0 Å². The summed E-state index contributed by atoms with van der Waals surface area (Å²) < 4.78 is 0. The van der Waals surface area contributed by atoms with E-state index in [-0.39, 0.29) is 11.5 Å². The molecule has 2 heterocycles. The first-order valence-corrected chi connectivity index (χ1v) is 7.21. The third-order valence-electron chi connectivity index (χ3n) is 4.09. The average molecular weight is 263 g/mol. The normalized spacial score (nSPS) is 22.6. The van der Waals surface area contributed by atoms with Gasteiger partial charge in [0.05, 0.1) is 11.4 Å². The molecule has 1 atom stereocenters. The summed E-state index contributed by atoms with van der Waals surface area (Å²) in [4.78, 5) is 6.91. The topological polar surface area (TPSA) is 67.9 Å². The van der Waals surface area contributed by atoms with Gasteiger partial charge in [0.25, 0.3) is 0 Å². The Labute approximate surface area is 115 Å². The molecule has 0 radical (unpaired) electrons. The first kappa shape index (κ1) is 14.2. The molecular formula is C14H25N5. The van der Waals surface area contributed by atoms with Gasteiger partial charge >= 0.3 is 0 Å². The van der Waals surface area contributed by atoms with E-state index in [9.17, 15) is 0 Å². The highest BCUT2D eigenvalue weighted by Crippen LogP contribution is 2.29. The van der Waals surface area contributed by atoms with Crippen LogP contribution in [-0.4, -0.2) is 34.3 Å². The van der Waals surface area contributed by atoms with Crippen molar-refractivity contribution in [2.24, 2.45) is 11.1 Å². The number of piperidine rings is 1. The molecule has 106 valence electrons. The van der Waals surface area contributed by atoms with Crippen molar-refractivity contribution in [1.29, 1.82) is 0 Å². The summed E-state index contributed by atoms with van der Waals surface area (Å²) in [5.74, 6) is 0.758. The fourth-order valence-corrected chi connectivity index (χ4v) is 2.61. The van der Waals surface area contributed by atoms with Gasteiger partial charge in [0.15, 0.2) is 0 Å². The molecule has 5 heteroatoms. The van der Waals surface area contributed by atoms with Crippen LogP contribution in [0.4, 0.5) is 5.95 Å². The van der Waals surface area contributed by atoms with Gasteiger partial charge in [-0.2, -0.15) is 5.10 Å². The molecule has 0 bridgehead atoms. The van der Waals surface area contributed by atoms with E-state index in [4.69, 9.17) is 5.73 Å². The Kier molecular flexibility index (Phi) is 4.04. The molecule has 1 unspecified atom stereocenters. The third-order valence-corrected chi connectivity index (χ3v) is 4.09. The van der Waals surface area contributed by atoms with Crippen LogP contribution >= 0.6 is 0 Å². The second-order valence-corrected chi connectivity index (χ2v) is 6.02. The van der Waals surface area contributed by atoms with E-state index in [1.54, 1.807) is 0 Å². The molecule has 19 heavy (non-hydrogen) atoms. The fraction of sp³-hybridized carbons (Fsp3) is 0.786. The Morgan fingerprint density at radius 2 is 1.89 bits per heavy atom. The first-order valence-electron chi connectivity index (χ1n) is 7.21. The smallest absolute Gasteiger partial charge is 0.245 e. The van der Waals surface area contributed by atoms with Crippen molar-refractivity contribution in [1.82, 2.24) is 15.2 Å². The maximum absolute atomic E-state index is 6.17. The van der Waals surface area contributed by atoms with Crippen molar-refractivity contribution in [3.8, 4) is 0 Å². The predicted octanol–water partition coefficient (Wildman–Crippen LogP) is 1.56. The average Bonchev–Trinajstić information content (AvgIpc) is 2.41. The zero-order chi connectivity index (χ0) is 14.0. The van der Waals surface area contributed by atoms with E-state index < -0.39 is 0 Å². The monoisotopic (exact) mass is 263 g/mol. The molecule has 0 spiro atoms. The van der Waals surface area contributed by atoms with Crippen LogP contribution in [0.1, 0.15) is 45.5 Å². The Balaban J connectivity index is 2.23. The highest BCUT2D eigenvalue weighted by atomic mass is 15.3. The minimum absolute atomic E-state index is 0.0947. The Morgan fingerprint density at radius 1 is 1.21 bits per heavy atom. The zero-order valence-corrected chi connectivity index (χ0v) is 12.5. The zero-order valence-electron chi connectivity index (χ0n) is 12.5. The van der Waals surface area contributed by atoms with Gasteiger partial charge in [0.1, 0.15) is 0 Å². The van der Waals surface area contributed by atoms with Crippen molar-refractivity contribution < 1.29 is 0 Å². The van der Waals surface area contributed by atoms with E-state index in [0.717, 1.165) is 49.7 Å². The van der Waals surface area contributed by atoms with Gasteiger partial charge in [-0.15, -0.1) is 5.10 Å². The first-order chi connectivity index (χ1) is 8.97. The minimum atomic E-state index is 0.0947. The number of hydrogen-bond donors (Lipinski definition) is 1. The molecule has 2 rings (SSSR count). The minimum Gasteiger partial charge on any atom is -0.339 e. The molecular weight excluding hydrogens is 238 g/mol. The van der Waals surface area contributed by atoms with Gasteiger partial charge in [0, 0.05) is 19.1 Å². The van der Waals surface area contributed by atoms with Gasteiger partial charge < -0.3 is 10.6 Å². The summed E-state index contributed by atoms with van der Waals surface area (Å²) in [7, 11) is 0. The maximum atomic E-state index is 6.17. The molecule has 0 saturated carbocycles. The summed E-state index contributed by atoms with van der Waals surface area (Å²) in [6.45, 7) is 10.4. The molecule has 1 aliphatic heterocycles. The molecule has 1 aliphatic rings. The SMILES string of the molecule is CCc1nnc(N2CCC(N)C(C)(C)C2)nc1CC. The van der Waals surface area contributed by atoms with Gasteiger partial charge in [-0.1, -0.05) is 27.7 Å². The standard InChI is InChI=1S/C14H25N5/c1-5-10-11(6-2)17-18-13(16-10)19-8-7-12(15)14(3,4)9-19/h12H,5-9,15H2,1-4H3. The van der Waals surface area contributed by atoms with E-state index in [0.29, 0.717) is 0 Å². The third kappa shape index (κ3) is 2.86.